The summed E-state index contributed by atoms with van der Waals surface area (Å²) < 4.78 is 25.7. The lowest BCUT2D eigenvalue weighted by atomic mass is 10.3. The van der Waals surface area contributed by atoms with Crippen LogP contribution in [0.15, 0.2) is 17.5 Å². The Bertz CT molecular complexity index is 429. The first-order valence-electron chi connectivity index (χ1n) is 6.19. The third kappa shape index (κ3) is 4.35. The van der Waals surface area contributed by atoms with Crippen LogP contribution < -0.4 is 5.32 Å². The standard InChI is InChI=1S/C12H22N2O2S2/c1-4-13-8-6-10-18(15,16)14(3)11(2)12-7-5-9-17-12/h5,7,9,11,13H,4,6,8,10H2,1-3H3. The molecule has 18 heavy (non-hydrogen) atoms. The van der Waals surface area contributed by atoms with Crippen LogP contribution in [-0.4, -0.2) is 38.6 Å². The summed E-state index contributed by atoms with van der Waals surface area (Å²) in [5, 5.41) is 5.11. The van der Waals surface area contributed by atoms with Crippen molar-refractivity contribution in [1.29, 1.82) is 0 Å². The Morgan fingerprint density at radius 1 is 1.50 bits per heavy atom. The predicted molar refractivity (Wildman–Crippen MR) is 77.4 cm³/mol. The lowest BCUT2D eigenvalue weighted by Gasteiger charge is -2.23. The molecule has 0 saturated heterocycles. The van der Waals surface area contributed by atoms with Gasteiger partial charge in [0, 0.05) is 11.9 Å². The first-order valence-corrected chi connectivity index (χ1v) is 8.67. The van der Waals surface area contributed by atoms with E-state index in [1.807, 2.05) is 31.4 Å². The van der Waals surface area contributed by atoms with Crippen LogP contribution in [0, 0.1) is 0 Å². The first kappa shape index (κ1) is 15.6. The van der Waals surface area contributed by atoms with Gasteiger partial charge >= 0.3 is 0 Å². The van der Waals surface area contributed by atoms with Crippen LogP contribution in [0.1, 0.15) is 31.2 Å². The van der Waals surface area contributed by atoms with Crippen molar-refractivity contribution in [2.75, 3.05) is 25.9 Å². The molecule has 0 fully saturated rings. The highest BCUT2D eigenvalue weighted by Crippen LogP contribution is 2.25. The molecular weight excluding hydrogens is 268 g/mol. The average molecular weight is 290 g/mol. The molecule has 0 amide bonds. The number of hydrogen-bond acceptors (Lipinski definition) is 4. The molecule has 1 aromatic heterocycles. The summed E-state index contributed by atoms with van der Waals surface area (Å²) in [6, 6.07) is 3.83. The summed E-state index contributed by atoms with van der Waals surface area (Å²) in [5.74, 6) is 0.201. The average Bonchev–Trinajstić information content (AvgIpc) is 2.86. The number of hydrogen-bond donors (Lipinski definition) is 1. The van der Waals surface area contributed by atoms with Gasteiger partial charge in [-0.25, -0.2) is 8.42 Å². The third-order valence-electron chi connectivity index (χ3n) is 2.94. The molecule has 0 aliphatic heterocycles. The maximum atomic E-state index is 12.1. The molecule has 0 radical (unpaired) electrons. The van der Waals surface area contributed by atoms with Crippen molar-refractivity contribution in [2.24, 2.45) is 0 Å². The first-order chi connectivity index (χ1) is 8.49. The van der Waals surface area contributed by atoms with Gasteiger partial charge in [0.15, 0.2) is 0 Å². The molecule has 0 bridgehead atoms. The summed E-state index contributed by atoms with van der Waals surface area (Å²) in [4.78, 5) is 1.08. The molecule has 0 spiro atoms. The van der Waals surface area contributed by atoms with Gasteiger partial charge in [0.05, 0.1) is 11.8 Å². The minimum atomic E-state index is -3.17. The SMILES string of the molecule is CCNCCCS(=O)(=O)N(C)C(C)c1cccs1. The zero-order chi connectivity index (χ0) is 13.6. The van der Waals surface area contributed by atoms with Crippen LogP contribution in [0.2, 0.25) is 0 Å². The van der Waals surface area contributed by atoms with Crippen molar-refractivity contribution < 1.29 is 8.42 Å². The van der Waals surface area contributed by atoms with E-state index >= 15 is 0 Å². The van der Waals surface area contributed by atoms with Gasteiger partial charge in [0.1, 0.15) is 0 Å². The largest absolute Gasteiger partial charge is 0.317 e. The molecule has 1 unspecified atom stereocenters. The van der Waals surface area contributed by atoms with E-state index in [0.717, 1.165) is 18.0 Å². The second kappa shape index (κ2) is 7.23. The highest BCUT2D eigenvalue weighted by molar-refractivity contribution is 7.89. The normalized spacial score (nSPS) is 14.0. The highest BCUT2D eigenvalue weighted by Gasteiger charge is 2.24. The minimum absolute atomic E-state index is 0.0888. The lowest BCUT2D eigenvalue weighted by Crippen LogP contribution is -2.32. The molecule has 1 aromatic rings. The van der Waals surface area contributed by atoms with E-state index in [4.69, 9.17) is 0 Å². The van der Waals surface area contributed by atoms with Crippen LogP contribution in [-0.2, 0) is 10.0 Å². The Labute approximate surface area is 114 Å². The van der Waals surface area contributed by atoms with Gasteiger partial charge in [-0.15, -0.1) is 11.3 Å². The number of nitrogens with one attached hydrogen (secondary N) is 1. The van der Waals surface area contributed by atoms with Gasteiger partial charge in [-0.05, 0) is 37.9 Å². The van der Waals surface area contributed by atoms with Gasteiger partial charge in [-0.3, -0.25) is 0 Å². The van der Waals surface area contributed by atoms with E-state index in [1.165, 1.54) is 4.31 Å². The molecule has 6 heteroatoms. The molecule has 0 aromatic carbocycles. The summed E-state index contributed by atoms with van der Waals surface area (Å²) >= 11 is 1.59. The van der Waals surface area contributed by atoms with Gasteiger partial charge < -0.3 is 5.32 Å². The van der Waals surface area contributed by atoms with E-state index in [1.54, 1.807) is 18.4 Å². The van der Waals surface area contributed by atoms with E-state index in [-0.39, 0.29) is 11.8 Å². The fourth-order valence-corrected chi connectivity index (χ4v) is 3.94. The van der Waals surface area contributed by atoms with Gasteiger partial charge in [-0.1, -0.05) is 13.0 Å². The summed E-state index contributed by atoms with van der Waals surface area (Å²) in [6.07, 6.45) is 0.650. The number of thiophene rings is 1. The van der Waals surface area contributed by atoms with E-state index in [2.05, 4.69) is 5.32 Å². The summed E-state index contributed by atoms with van der Waals surface area (Å²) in [5.41, 5.74) is 0. The maximum Gasteiger partial charge on any atom is 0.214 e. The maximum absolute atomic E-state index is 12.1. The Kier molecular flexibility index (Phi) is 6.28. The Hall–Kier alpha value is -0.430. The monoisotopic (exact) mass is 290 g/mol. The molecule has 1 heterocycles. The molecule has 0 saturated carbocycles. The van der Waals surface area contributed by atoms with Crippen LogP contribution in [0.25, 0.3) is 0 Å². The van der Waals surface area contributed by atoms with Crippen molar-refractivity contribution in [3.8, 4) is 0 Å². The van der Waals surface area contributed by atoms with Crippen molar-refractivity contribution in [3.05, 3.63) is 22.4 Å². The van der Waals surface area contributed by atoms with Gasteiger partial charge in [0.25, 0.3) is 0 Å². The van der Waals surface area contributed by atoms with Gasteiger partial charge in [0.2, 0.25) is 10.0 Å². The Morgan fingerprint density at radius 2 is 2.22 bits per heavy atom. The molecule has 104 valence electrons. The molecule has 0 aliphatic rings. The van der Waals surface area contributed by atoms with E-state index in [0.29, 0.717) is 6.42 Å². The van der Waals surface area contributed by atoms with Crippen molar-refractivity contribution in [2.45, 2.75) is 26.3 Å². The zero-order valence-corrected chi connectivity index (χ0v) is 12.9. The van der Waals surface area contributed by atoms with E-state index < -0.39 is 10.0 Å². The number of sulfonamides is 1. The number of nitrogens with zero attached hydrogens (tertiary/aromatic N) is 1. The van der Waals surface area contributed by atoms with Crippen molar-refractivity contribution >= 4 is 21.4 Å². The Balaban J connectivity index is 2.56. The van der Waals surface area contributed by atoms with Crippen molar-refractivity contribution in [1.82, 2.24) is 9.62 Å². The van der Waals surface area contributed by atoms with Crippen LogP contribution in [0.4, 0.5) is 0 Å². The molecule has 4 nitrogen and oxygen atoms in total. The van der Waals surface area contributed by atoms with E-state index in [9.17, 15) is 8.42 Å². The molecular formula is C12H22N2O2S2. The zero-order valence-electron chi connectivity index (χ0n) is 11.2. The highest BCUT2D eigenvalue weighted by atomic mass is 32.2. The third-order valence-corrected chi connectivity index (χ3v) is 5.99. The second-order valence-corrected chi connectivity index (χ2v) is 7.36. The smallest absolute Gasteiger partial charge is 0.214 e. The molecule has 1 atom stereocenters. The lowest BCUT2D eigenvalue weighted by molar-refractivity contribution is 0.402. The summed E-state index contributed by atoms with van der Waals surface area (Å²) in [7, 11) is -1.51. The fourth-order valence-electron chi connectivity index (χ4n) is 1.65. The number of rotatable bonds is 8. The van der Waals surface area contributed by atoms with Crippen molar-refractivity contribution in [3.63, 3.8) is 0 Å². The summed E-state index contributed by atoms with van der Waals surface area (Å²) in [6.45, 7) is 5.56. The Morgan fingerprint density at radius 3 is 2.78 bits per heavy atom. The second-order valence-electron chi connectivity index (χ2n) is 4.23. The van der Waals surface area contributed by atoms with Crippen LogP contribution in [0.3, 0.4) is 0 Å². The van der Waals surface area contributed by atoms with Crippen LogP contribution >= 0.6 is 11.3 Å². The molecule has 1 rings (SSSR count). The fraction of sp³-hybridized carbons (Fsp3) is 0.667. The topological polar surface area (TPSA) is 49.4 Å². The quantitative estimate of drug-likeness (QED) is 0.746. The predicted octanol–water partition coefficient (Wildman–Crippen LogP) is 2.07. The molecule has 1 N–H and O–H groups in total. The van der Waals surface area contributed by atoms with Gasteiger partial charge in [-0.2, -0.15) is 4.31 Å². The molecule has 0 aliphatic carbocycles. The van der Waals surface area contributed by atoms with Crippen LogP contribution in [0.5, 0.6) is 0 Å². The minimum Gasteiger partial charge on any atom is -0.317 e.